The van der Waals surface area contributed by atoms with E-state index >= 15 is 0 Å². The Morgan fingerprint density at radius 2 is 2.00 bits per heavy atom. The van der Waals surface area contributed by atoms with E-state index in [0.29, 0.717) is 6.54 Å². The molecule has 1 N–H and O–H groups in total. The van der Waals surface area contributed by atoms with Gasteiger partial charge in [-0.1, -0.05) is 12.1 Å². The molecule has 1 aromatic heterocycles. The zero-order chi connectivity index (χ0) is 17.2. The van der Waals surface area contributed by atoms with Crippen molar-refractivity contribution < 1.29 is 13.2 Å². The quantitative estimate of drug-likeness (QED) is 0.821. The maximum Gasteiger partial charge on any atom is 0.224 e. The van der Waals surface area contributed by atoms with E-state index in [1.54, 1.807) is 18.3 Å². The number of carbonyl (C=O) groups is 1. The molecule has 0 saturated heterocycles. The Labute approximate surface area is 141 Å². The van der Waals surface area contributed by atoms with Crippen molar-refractivity contribution in [3.8, 4) is 0 Å². The van der Waals surface area contributed by atoms with Gasteiger partial charge in [-0.25, -0.2) is 8.42 Å². The molecule has 0 unspecified atom stereocenters. The maximum atomic E-state index is 12.1. The first kappa shape index (κ1) is 16.7. The molecule has 7 heteroatoms. The van der Waals surface area contributed by atoms with Crippen LogP contribution in [-0.2, 0) is 27.6 Å². The van der Waals surface area contributed by atoms with E-state index < -0.39 is 9.84 Å². The normalized spacial score (nSPS) is 15.9. The van der Waals surface area contributed by atoms with Gasteiger partial charge in [-0.3, -0.25) is 9.48 Å². The lowest BCUT2D eigenvalue weighted by Gasteiger charge is -2.16. The Kier molecular flexibility index (Phi) is 4.45. The Morgan fingerprint density at radius 1 is 1.29 bits per heavy atom. The average molecular weight is 347 g/mol. The van der Waals surface area contributed by atoms with Gasteiger partial charge in [0.05, 0.1) is 11.3 Å². The smallest absolute Gasteiger partial charge is 0.224 e. The highest BCUT2D eigenvalue weighted by atomic mass is 32.2. The van der Waals surface area contributed by atoms with Gasteiger partial charge in [0.25, 0.3) is 0 Å². The number of nitrogens with zero attached hydrogens (tertiary/aromatic N) is 2. The number of amides is 1. The molecule has 6 nitrogen and oxygen atoms in total. The molecular weight excluding hydrogens is 326 g/mol. The van der Waals surface area contributed by atoms with Crippen LogP contribution in [0.3, 0.4) is 0 Å². The number of sulfone groups is 1. The molecule has 1 heterocycles. The van der Waals surface area contributed by atoms with Gasteiger partial charge >= 0.3 is 0 Å². The van der Waals surface area contributed by atoms with Crippen LogP contribution < -0.4 is 5.32 Å². The van der Waals surface area contributed by atoms with Gasteiger partial charge in [0.15, 0.2) is 9.84 Å². The predicted molar refractivity (Wildman–Crippen MR) is 90.2 cm³/mol. The highest BCUT2D eigenvalue weighted by molar-refractivity contribution is 7.90. The van der Waals surface area contributed by atoms with Gasteiger partial charge in [0.1, 0.15) is 0 Å². The van der Waals surface area contributed by atoms with Crippen molar-refractivity contribution in [1.29, 1.82) is 0 Å². The van der Waals surface area contributed by atoms with Crippen LogP contribution in [0, 0.1) is 5.41 Å². The molecule has 0 aliphatic heterocycles. The fourth-order valence-electron chi connectivity index (χ4n) is 2.69. The lowest BCUT2D eigenvalue weighted by molar-refractivity contribution is -0.120. The van der Waals surface area contributed by atoms with Gasteiger partial charge in [-0.05, 0) is 36.6 Å². The lowest BCUT2D eigenvalue weighted by Crippen LogP contribution is -2.33. The average Bonchev–Trinajstić information content (AvgIpc) is 3.09. The topological polar surface area (TPSA) is 81.1 Å². The molecule has 2 aromatic rings. The van der Waals surface area contributed by atoms with Gasteiger partial charge < -0.3 is 5.32 Å². The largest absolute Gasteiger partial charge is 0.355 e. The summed E-state index contributed by atoms with van der Waals surface area (Å²) in [5.41, 5.74) is 0.929. The summed E-state index contributed by atoms with van der Waals surface area (Å²) < 4.78 is 24.8. The first-order chi connectivity index (χ1) is 11.4. The van der Waals surface area contributed by atoms with E-state index in [0.717, 1.165) is 24.9 Å². The van der Waals surface area contributed by atoms with Crippen LogP contribution >= 0.6 is 0 Å². The van der Waals surface area contributed by atoms with Crippen molar-refractivity contribution in [2.75, 3.05) is 12.8 Å². The van der Waals surface area contributed by atoms with E-state index in [9.17, 15) is 13.2 Å². The van der Waals surface area contributed by atoms with Crippen LogP contribution in [0.25, 0.3) is 0 Å². The molecular formula is C17H21N3O3S. The van der Waals surface area contributed by atoms with E-state index in [-0.39, 0.29) is 22.6 Å². The number of benzene rings is 1. The second-order valence-electron chi connectivity index (χ2n) is 6.57. The van der Waals surface area contributed by atoms with Crippen molar-refractivity contribution in [2.24, 2.45) is 5.41 Å². The van der Waals surface area contributed by atoms with E-state index in [1.807, 2.05) is 16.9 Å². The number of aromatic nitrogens is 2. The Hall–Kier alpha value is -2.15. The molecule has 24 heavy (non-hydrogen) atoms. The summed E-state index contributed by atoms with van der Waals surface area (Å²) >= 11 is 0. The summed E-state index contributed by atoms with van der Waals surface area (Å²) in [7, 11) is -3.20. The van der Waals surface area contributed by atoms with E-state index in [2.05, 4.69) is 10.4 Å². The monoisotopic (exact) mass is 347 g/mol. The van der Waals surface area contributed by atoms with Crippen molar-refractivity contribution in [2.45, 2.75) is 30.7 Å². The Bertz CT molecular complexity index is 807. The van der Waals surface area contributed by atoms with Crippen LogP contribution in [0.2, 0.25) is 0 Å². The third-order valence-corrected chi connectivity index (χ3v) is 5.52. The van der Waals surface area contributed by atoms with Crippen LogP contribution in [-0.4, -0.2) is 36.9 Å². The van der Waals surface area contributed by atoms with Gasteiger partial charge in [-0.2, -0.15) is 5.10 Å². The highest BCUT2D eigenvalue weighted by Gasteiger charge is 2.43. The minimum absolute atomic E-state index is 0.0474. The van der Waals surface area contributed by atoms with Crippen molar-refractivity contribution in [3.05, 3.63) is 48.3 Å². The SMILES string of the molecule is CS(=O)(=O)c1ccc(CC(=O)NCC2(Cn3cccn3)CC2)cc1. The van der Waals surface area contributed by atoms with E-state index in [4.69, 9.17) is 0 Å². The summed E-state index contributed by atoms with van der Waals surface area (Å²) in [4.78, 5) is 12.4. The summed E-state index contributed by atoms with van der Waals surface area (Å²) in [6.45, 7) is 1.47. The van der Waals surface area contributed by atoms with Gasteiger partial charge in [0, 0.05) is 37.2 Å². The fourth-order valence-corrected chi connectivity index (χ4v) is 3.32. The molecule has 1 amide bonds. The molecule has 0 spiro atoms. The molecule has 1 aliphatic carbocycles. The lowest BCUT2D eigenvalue weighted by atomic mass is 10.1. The van der Waals surface area contributed by atoms with Crippen LogP contribution in [0.5, 0.6) is 0 Å². The van der Waals surface area contributed by atoms with Crippen molar-refractivity contribution in [1.82, 2.24) is 15.1 Å². The third kappa shape index (κ3) is 4.23. The molecule has 1 fully saturated rings. The van der Waals surface area contributed by atoms with Crippen LogP contribution in [0.1, 0.15) is 18.4 Å². The molecule has 1 aromatic carbocycles. The molecule has 0 atom stereocenters. The molecule has 1 saturated carbocycles. The molecule has 3 rings (SSSR count). The van der Waals surface area contributed by atoms with Crippen molar-refractivity contribution >= 4 is 15.7 Å². The van der Waals surface area contributed by atoms with Gasteiger partial charge in [-0.15, -0.1) is 0 Å². The summed E-state index contributed by atoms with van der Waals surface area (Å²) in [5, 5.41) is 7.21. The molecule has 0 bridgehead atoms. The van der Waals surface area contributed by atoms with E-state index in [1.165, 1.54) is 18.4 Å². The van der Waals surface area contributed by atoms with Gasteiger partial charge in [0.2, 0.25) is 5.91 Å². The first-order valence-electron chi connectivity index (χ1n) is 7.90. The second-order valence-corrected chi connectivity index (χ2v) is 8.59. The first-order valence-corrected chi connectivity index (χ1v) is 9.79. The number of nitrogens with one attached hydrogen (secondary N) is 1. The highest BCUT2D eigenvalue weighted by Crippen LogP contribution is 2.46. The number of carbonyl (C=O) groups excluding carboxylic acids is 1. The number of hydrogen-bond donors (Lipinski definition) is 1. The van der Waals surface area contributed by atoms with Crippen molar-refractivity contribution in [3.63, 3.8) is 0 Å². The molecule has 0 radical (unpaired) electrons. The molecule has 128 valence electrons. The molecule has 1 aliphatic rings. The standard InChI is InChI=1S/C17H21N3O3S/c1-24(22,23)15-5-3-14(4-6-15)11-16(21)18-12-17(7-8-17)13-20-10-2-9-19-20/h2-6,9-10H,7-8,11-13H2,1H3,(H,18,21). The maximum absolute atomic E-state index is 12.1. The van der Waals surface area contributed by atoms with Crippen LogP contribution in [0.4, 0.5) is 0 Å². The summed E-state index contributed by atoms with van der Waals surface area (Å²) in [6, 6.07) is 8.35. The second kappa shape index (κ2) is 6.39. The minimum atomic E-state index is -3.20. The van der Waals surface area contributed by atoms with Crippen LogP contribution in [0.15, 0.2) is 47.6 Å². The Balaban J connectivity index is 1.51. The third-order valence-electron chi connectivity index (χ3n) is 4.39. The minimum Gasteiger partial charge on any atom is -0.355 e. The Morgan fingerprint density at radius 3 is 2.54 bits per heavy atom. The predicted octanol–water partition coefficient (Wildman–Crippen LogP) is 1.43. The number of rotatable bonds is 7. The summed E-state index contributed by atoms with van der Waals surface area (Å²) in [5.74, 6) is -0.0474. The zero-order valence-corrected chi connectivity index (χ0v) is 14.4. The fraction of sp³-hybridized carbons (Fsp3) is 0.412. The zero-order valence-electron chi connectivity index (χ0n) is 13.6. The summed E-state index contributed by atoms with van der Waals surface area (Å²) in [6.07, 6.45) is 7.30. The number of hydrogen-bond acceptors (Lipinski definition) is 4.